The van der Waals surface area contributed by atoms with Gasteiger partial charge in [0.15, 0.2) is 0 Å². The summed E-state index contributed by atoms with van der Waals surface area (Å²) in [5, 5.41) is 0. The average molecular weight is 309 g/mol. The normalized spacial score (nSPS) is 13.7. The average Bonchev–Trinajstić information content (AvgIpc) is 2.24. The summed E-state index contributed by atoms with van der Waals surface area (Å²) < 4.78 is 35.2. The molecule has 8 heteroatoms. The maximum atomic E-state index is 11.7. The molecule has 0 aromatic rings. The minimum Gasteiger partial charge on any atom is -0.466 e. The lowest BCUT2D eigenvalue weighted by Crippen LogP contribution is -2.43. The quantitative estimate of drug-likeness (QED) is 0.691. The van der Waals surface area contributed by atoms with Crippen LogP contribution in [0, 0.1) is 0 Å². The number of carbonyl (C=O) groups excluding carboxylic acids is 2. The van der Waals surface area contributed by atoms with Gasteiger partial charge in [0.2, 0.25) is 10.0 Å². The molecule has 0 spiro atoms. The van der Waals surface area contributed by atoms with Crippen LogP contribution < -0.4 is 4.72 Å². The van der Waals surface area contributed by atoms with E-state index < -0.39 is 39.4 Å². The number of ether oxygens (including phenoxy) is 2. The van der Waals surface area contributed by atoms with Crippen molar-refractivity contribution in [2.24, 2.45) is 0 Å². The number of rotatable bonds is 7. The molecular formula is C12H23NO6S. The van der Waals surface area contributed by atoms with Gasteiger partial charge in [-0.05, 0) is 34.6 Å². The van der Waals surface area contributed by atoms with Gasteiger partial charge in [0.05, 0.1) is 18.8 Å². The van der Waals surface area contributed by atoms with Crippen LogP contribution in [0.25, 0.3) is 0 Å². The molecule has 0 saturated heterocycles. The Hall–Kier alpha value is -1.15. The lowest BCUT2D eigenvalue weighted by atomic mass is 10.2. The van der Waals surface area contributed by atoms with E-state index in [-0.39, 0.29) is 13.0 Å². The highest BCUT2D eigenvalue weighted by Gasteiger charge is 2.25. The first-order valence-electron chi connectivity index (χ1n) is 6.35. The van der Waals surface area contributed by atoms with Crippen LogP contribution in [0.3, 0.4) is 0 Å². The first-order valence-corrected chi connectivity index (χ1v) is 8.00. The summed E-state index contributed by atoms with van der Waals surface area (Å²) in [6, 6.07) is -1.01. The molecule has 118 valence electrons. The van der Waals surface area contributed by atoms with Crippen LogP contribution in [0.15, 0.2) is 0 Å². The largest absolute Gasteiger partial charge is 0.466 e. The zero-order chi connectivity index (χ0) is 16.0. The Bertz CT molecular complexity index is 437. The molecule has 0 aliphatic rings. The molecule has 1 atom stereocenters. The van der Waals surface area contributed by atoms with Crippen molar-refractivity contribution in [2.45, 2.75) is 52.7 Å². The van der Waals surface area contributed by atoms with Crippen molar-refractivity contribution < 1.29 is 27.5 Å². The van der Waals surface area contributed by atoms with Crippen molar-refractivity contribution in [3.63, 3.8) is 0 Å². The summed E-state index contributed by atoms with van der Waals surface area (Å²) in [6.45, 7) is 8.28. The maximum Gasteiger partial charge on any atom is 0.324 e. The van der Waals surface area contributed by atoms with E-state index in [2.05, 4.69) is 9.46 Å². The summed E-state index contributed by atoms with van der Waals surface area (Å²) in [7, 11) is -3.75. The van der Waals surface area contributed by atoms with E-state index in [0.29, 0.717) is 0 Å². The Labute approximate surface area is 120 Å². The van der Waals surface area contributed by atoms with Crippen molar-refractivity contribution in [2.75, 3.05) is 12.4 Å². The van der Waals surface area contributed by atoms with Crippen molar-refractivity contribution in [3.8, 4) is 0 Å². The first kappa shape index (κ1) is 18.9. The number of sulfonamides is 1. The second-order valence-electron chi connectivity index (χ2n) is 5.25. The fourth-order valence-corrected chi connectivity index (χ4v) is 2.41. The minimum absolute atomic E-state index is 0.195. The number of nitrogens with one attached hydrogen (secondary N) is 1. The SMILES string of the molecule is CCOC(=O)CCS(=O)(=O)N[C@@H](C)C(=O)OC(C)(C)C. The van der Waals surface area contributed by atoms with Gasteiger partial charge in [-0.2, -0.15) is 0 Å². The van der Waals surface area contributed by atoms with Gasteiger partial charge in [-0.15, -0.1) is 0 Å². The summed E-state index contributed by atoms with van der Waals surface area (Å²) in [5.74, 6) is -1.70. The molecule has 0 fully saturated rings. The summed E-state index contributed by atoms with van der Waals surface area (Å²) >= 11 is 0. The van der Waals surface area contributed by atoms with Crippen LogP contribution in [0.4, 0.5) is 0 Å². The third-order valence-electron chi connectivity index (χ3n) is 2.00. The molecule has 0 aliphatic heterocycles. The van der Waals surface area contributed by atoms with Gasteiger partial charge >= 0.3 is 11.9 Å². The van der Waals surface area contributed by atoms with E-state index in [1.807, 2.05) is 0 Å². The van der Waals surface area contributed by atoms with Crippen molar-refractivity contribution in [1.29, 1.82) is 0 Å². The molecule has 0 aromatic carbocycles. The van der Waals surface area contributed by atoms with Gasteiger partial charge in [0.25, 0.3) is 0 Å². The number of hydrogen-bond acceptors (Lipinski definition) is 6. The van der Waals surface area contributed by atoms with E-state index in [1.165, 1.54) is 6.92 Å². The van der Waals surface area contributed by atoms with Crippen molar-refractivity contribution in [3.05, 3.63) is 0 Å². The summed E-state index contributed by atoms with van der Waals surface area (Å²) in [6.07, 6.45) is -0.260. The van der Waals surface area contributed by atoms with Gasteiger partial charge in [-0.1, -0.05) is 0 Å². The van der Waals surface area contributed by atoms with Crippen molar-refractivity contribution >= 4 is 22.0 Å². The molecule has 1 N–H and O–H groups in total. The minimum atomic E-state index is -3.75. The molecule has 0 radical (unpaired) electrons. The van der Waals surface area contributed by atoms with Crippen LogP contribution in [0.5, 0.6) is 0 Å². The van der Waals surface area contributed by atoms with Crippen molar-refractivity contribution in [1.82, 2.24) is 4.72 Å². The standard InChI is InChI=1S/C12H23NO6S/c1-6-18-10(14)7-8-20(16,17)13-9(2)11(15)19-12(3,4)5/h9,13H,6-8H2,1-5H3/t9-/m0/s1. The number of carbonyl (C=O) groups is 2. The molecule has 0 heterocycles. The van der Waals surface area contributed by atoms with E-state index in [1.54, 1.807) is 27.7 Å². The predicted molar refractivity (Wildman–Crippen MR) is 73.5 cm³/mol. The Morgan fingerprint density at radius 1 is 1.25 bits per heavy atom. The third-order valence-corrected chi connectivity index (χ3v) is 3.45. The topological polar surface area (TPSA) is 98.8 Å². The lowest BCUT2D eigenvalue weighted by Gasteiger charge is -2.22. The molecular weight excluding hydrogens is 286 g/mol. The van der Waals surface area contributed by atoms with Crippen LogP contribution in [0.2, 0.25) is 0 Å². The zero-order valence-corrected chi connectivity index (χ0v) is 13.4. The molecule has 20 heavy (non-hydrogen) atoms. The Balaban J connectivity index is 4.39. The molecule has 0 saturated carbocycles. The van der Waals surface area contributed by atoms with E-state index in [0.717, 1.165) is 0 Å². The Kier molecular flexibility index (Phi) is 7.15. The molecule has 0 aromatic heterocycles. The maximum absolute atomic E-state index is 11.7. The molecule has 0 bridgehead atoms. The highest BCUT2D eigenvalue weighted by molar-refractivity contribution is 7.89. The molecule has 0 rings (SSSR count). The van der Waals surface area contributed by atoms with E-state index in [4.69, 9.17) is 4.74 Å². The molecule has 7 nitrogen and oxygen atoms in total. The lowest BCUT2D eigenvalue weighted by molar-refractivity contribution is -0.156. The highest BCUT2D eigenvalue weighted by atomic mass is 32.2. The van der Waals surface area contributed by atoms with Gasteiger partial charge in [0.1, 0.15) is 11.6 Å². The van der Waals surface area contributed by atoms with Crippen LogP contribution in [0.1, 0.15) is 41.0 Å². The second-order valence-corrected chi connectivity index (χ2v) is 7.12. The molecule has 0 amide bonds. The van der Waals surface area contributed by atoms with Gasteiger partial charge in [-0.25, -0.2) is 13.1 Å². The zero-order valence-electron chi connectivity index (χ0n) is 12.6. The van der Waals surface area contributed by atoms with E-state index >= 15 is 0 Å². The second kappa shape index (κ2) is 7.58. The summed E-state index contributed by atoms with van der Waals surface area (Å²) in [5.41, 5.74) is -0.693. The molecule has 0 aliphatic carbocycles. The van der Waals surface area contributed by atoms with E-state index in [9.17, 15) is 18.0 Å². The fraction of sp³-hybridized carbons (Fsp3) is 0.833. The van der Waals surface area contributed by atoms with Crippen LogP contribution >= 0.6 is 0 Å². The molecule has 0 unspecified atom stereocenters. The number of hydrogen-bond donors (Lipinski definition) is 1. The summed E-state index contributed by atoms with van der Waals surface area (Å²) in [4.78, 5) is 22.7. The van der Waals surface area contributed by atoms with Gasteiger partial charge < -0.3 is 9.47 Å². The van der Waals surface area contributed by atoms with Gasteiger partial charge in [0, 0.05) is 0 Å². The first-order chi connectivity index (χ1) is 8.97. The number of esters is 2. The smallest absolute Gasteiger partial charge is 0.324 e. The van der Waals surface area contributed by atoms with Crippen LogP contribution in [-0.4, -0.2) is 44.4 Å². The Morgan fingerprint density at radius 3 is 2.25 bits per heavy atom. The fourth-order valence-electron chi connectivity index (χ4n) is 1.22. The Morgan fingerprint density at radius 2 is 1.80 bits per heavy atom. The monoisotopic (exact) mass is 309 g/mol. The third kappa shape index (κ3) is 8.87. The van der Waals surface area contributed by atoms with Crippen LogP contribution in [-0.2, 0) is 29.1 Å². The highest BCUT2D eigenvalue weighted by Crippen LogP contribution is 2.08. The predicted octanol–water partition coefficient (Wildman–Crippen LogP) is 0.589. The van der Waals surface area contributed by atoms with Gasteiger partial charge in [-0.3, -0.25) is 9.59 Å².